The number of phenolic OH excluding ortho intramolecular Hbond substituents is 1. The van der Waals surface area contributed by atoms with Crippen molar-refractivity contribution in [2.75, 3.05) is 6.61 Å². The van der Waals surface area contributed by atoms with Gasteiger partial charge >= 0.3 is 5.97 Å². The number of rotatable bonds is 6. The second kappa shape index (κ2) is 8.94. The van der Waals surface area contributed by atoms with Gasteiger partial charge in [-0.2, -0.15) is 0 Å². The van der Waals surface area contributed by atoms with E-state index in [1.54, 1.807) is 25.1 Å². The molecule has 3 nitrogen and oxygen atoms in total. The van der Waals surface area contributed by atoms with Gasteiger partial charge in [0, 0.05) is 10.6 Å². The van der Waals surface area contributed by atoms with E-state index in [1.807, 2.05) is 42.5 Å². The van der Waals surface area contributed by atoms with Crippen molar-refractivity contribution >= 4 is 29.7 Å². The quantitative estimate of drug-likeness (QED) is 0.587. The summed E-state index contributed by atoms with van der Waals surface area (Å²) in [5.74, 6) is -0.211. The number of aromatic hydroxyl groups is 1. The van der Waals surface area contributed by atoms with E-state index in [2.05, 4.69) is 0 Å². The van der Waals surface area contributed by atoms with Gasteiger partial charge in [-0.25, -0.2) is 0 Å². The molecule has 2 aromatic rings. The van der Waals surface area contributed by atoms with Gasteiger partial charge in [0.2, 0.25) is 0 Å². The summed E-state index contributed by atoms with van der Waals surface area (Å²) >= 11 is 5.98. The molecule has 2 aromatic carbocycles. The number of halogens is 1. The average molecular weight is 343 g/mol. The molecule has 0 aliphatic heterocycles. The maximum Gasteiger partial charge on any atom is 0.310 e. The number of hydrogen-bond donors (Lipinski definition) is 1. The fourth-order valence-electron chi connectivity index (χ4n) is 2.14. The predicted molar refractivity (Wildman–Crippen MR) is 97.8 cm³/mol. The number of esters is 1. The van der Waals surface area contributed by atoms with Gasteiger partial charge in [-0.3, -0.25) is 4.79 Å². The normalized spacial score (nSPS) is 11.7. The highest BCUT2D eigenvalue weighted by Crippen LogP contribution is 2.25. The monoisotopic (exact) mass is 342 g/mol. The molecular formula is C20H19ClO3. The van der Waals surface area contributed by atoms with Crippen LogP contribution in [0.4, 0.5) is 0 Å². The van der Waals surface area contributed by atoms with E-state index >= 15 is 0 Å². The Balaban J connectivity index is 2.31. The van der Waals surface area contributed by atoms with Gasteiger partial charge in [-0.1, -0.05) is 54.1 Å². The van der Waals surface area contributed by atoms with Crippen molar-refractivity contribution in [3.05, 3.63) is 76.3 Å². The molecule has 124 valence electrons. The zero-order chi connectivity index (χ0) is 17.4. The Hall–Kier alpha value is -2.52. The van der Waals surface area contributed by atoms with Gasteiger partial charge in [0.1, 0.15) is 5.75 Å². The van der Waals surface area contributed by atoms with Crippen molar-refractivity contribution in [1.82, 2.24) is 0 Å². The molecule has 0 saturated carbocycles. The molecule has 0 bridgehead atoms. The topological polar surface area (TPSA) is 46.5 Å². The summed E-state index contributed by atoms with van der Waals surface area (Å²) in [6, 6.07) is 14.5. The van der Waals surface area contributed by atoms with E-state index in [0.29, 0.717) is 17.2 Å². The molecule has 0 saturated heterocycles. The van der Waals surface area contributed by atoms with Crippen molar-refractivity contribution in [2.45, 2.75) is 13.3 Å². The third-order valence-corrected chi connectivity index (χ3v) is 3.51. The van der Waals surface area contributed by atoms with Crippen LogP contribution in [0.2, 0.25) is 5.02 Å². The maximum absolute atomic E-state index is 11.8. The minimum Gasteiger partial charge on any atom is -0.507 e. The minimum atomic E-state index is -0.317. The number of phenols is 1. The highest BCUT2D eigenvalue weighted by atomic mass is 35.5. The molecule has 0 aromatic heterocycles. The summed E-state index contributed by atoms with van der Waals surface area (Å²) in [6.07, 6.45) is 5.60. The van der Waals surface area contributed by atoms with Crippen LogP contribution >= 0.6 is 11.6 Å². The summed E-state index contributed by atoms with van der Waals surface area (Å²) in [5.41, 5.74) is 2.29. The van der Waals surface area contributed by atoms with Crippen molar-refractivity contribution in [3.8, 4) is 5.75 Å². The lowest BCUT2D eigenvalue weighted by Gasteiger charge is -2.05. The number of carbonyl (C=O) groups is 1. The van der Waals surface area contributed by atoms with E-state index < -0.39 is 0 Å². The molecule has 4 heteroatoms. The first-order valence-corrected chi connectivity index (χ1v) is 8.04. The Kier molecular flexibility index (Phi) is 6.64. The van der Waals surface area contributed by atoms with Crippen LogP contribution in [-0.4, -0.2) is 17.7 Å². The van der Waals surface area contributed by atoms with Gasteiger partial charge in [-0.15, -0.1) is 0 Å². The SMILES string of the molecule is CCOC(=O)CC(/C=C/c1ccccc1)=C\c1cc(Cl)ccc1O. The van der Waals surface area contributed by atoms with E-state index in [-0.39, 0.29) is 18.1 Å². The van der Waals surface area contributed by atoms with Crippen molar-refractivity contribution in [3.63, 3.8) is 0 Å². The lowest BCUT2D eigenvalue weighted by Crippen LogP contribution is -2.04. The number of hydrogen-bond acceptors (Lipinski definition) is 3. The predicted octanol–water partition coefficient (Wildman–Crippen LogP) is 5.10. The van der Waals surface area contributed by atoms with Crippen LogP contribution in [0.1, 0.15) is 24.5 Å². The zero-order valence-corrected chi connectivity index (χ0v) is 14.2. The lowest BCUT2D eigenvalue weighted by atomic mass is 10.1. The van der Waals surface area contributed by atoms with Crippen LogP contribution in [0.15, 0.2) is 60.2 Å². The largest absolute Gasteiger partial charge is 0.507 e. The second-order valence-corrected chi connectivity index (χ2v) is 5.58. The van der Waals surface area contributed by atoms with Crippen LogP contribution in [-0.2, 0) is 9.53 Å². The van der Waals surface area contributed by atoms with Gasteiger partial charge in [0.15, 0.2) is 0 Å². The second-order valence-electron chi connectivity index (χ2n) is 5.15. The Morgan fingerprint density at radius 2 is 1.96 bits per heavy atom. The van der Waals surface area contributed by atoms with Gasteiger partial charge in [0.05, 0.1) is 13.0 Å². The summed E-state index contributed by atoms with van der Waals surface area (Å²) in [5, 5.41) is 10.5. The van der Waals surface area contributed by atoms with Gasteiger partial charge in [-0.05, 0) is 42.3 Å². The first-order valence-electron chi connectivity index (χ1n) is 7.66. The van der Waals surface area contributed by atoms with Crippen molar-refractivity contribution in [2.24, 2.45) is 0 Å². The standard InChI is InChI=1S/C20H19ClO3/c1-2-24-20(23)13-16(9-8-15-6-4-3-5-7-15)12-17-14-18(21)10-11-19(17)22/h3-12,14,22H,2,13H2,1H3/b9-8+,16-12-. The minimum absolute atomic E-state index is 0.105. The summed E-state index contributed by atoms with van der Waals surface area (Å²) in [4.78, 5) is 11.8. The lowest BCUT2D eigenvalue weighted by molar-refractivity contribution is -0.142. The smallest absolute Gasteiger partial charge is 0.310 e. The summed E-state index contributed by atoms with van der Waals surface area (Å²) in [6.45, 7) is 2.10. The molecular weight excluding hydrogens is 324 g/mol. The average Bonchev–Trinajstić information content (AvgIpc) is 2.57. The third kappa shape index (κ3) is 5.60. The van der Waals surface area contributed by atoms with E-state index in [9.17, 15) is 9.90 Å². The van der Waals surface area contributed by atoms with Crippen molar-refractivity contribution in [1.29, 1.82) is 0 Å². The third-order valence-electron chi connectivity index (χ3n) is 3.27. The Morgan fingerprint density at radius 1 is 1.21 bits per heavy atom. The number of ether oxygens (including phenoxy) is 1. The molecule has 1 N–H and O–H groups in total. The van der Waals surface area contributed by atoms with E-state index in [0.717, 1.165) is 11.1 Å². The first-order chi connectivity index (χ1) is 11.6. The van der Waals surface area contributed by atoms with Crippen LogP contribution < -0.4 is 0 Å². The maximum atomic E-state index is 11.8. The number of benzene rings is 2. The van der Waals surface area contributed by atoms with Gasteiger partial charge < -0.3 is 9.84 Å². The number of carbonyl (C=O) groups excluding carboxylic acids is 1. The molecule has 0 spiro atoms. The van der Waals surface area contributed by atoms with Crippen LogP contribution in [0.3, 0.4) is 0 Å². The molecule has 0 aliphatic rings. The molecule has 0 unspecified atom stereocenters. The Bertz CT molecular complexity index is 749. The van der Waals surface area contributed by atoms with Crippen LogP contribution in [0.25, 0.3) is 12.2 Å². The Labute approximate surface area is 146 Å². The van der Waals surface area contributed by atoms with Crippen LogP contribution in [0, 0.1) is 0 Å². The van der Waals surface area contributed by atoms with Gasteiger partial charge in [0.25, 0.3) is 0 Å². The fraction of sp³-hybridized carbons (Fsp3) is 0.150. The molecule has 0 radical (unpaired) electrons. The molecule has 0 atom stereocenters. The molecule has 0 heterocycles. The molecule has 0 aliphatic carbocycles. The summed E-state index contributed by atoms with van der Waals surface area (Å²) < 4.78 is 5.01. The molecule has 24 heavy (non-hydrogen) atoms. The highest BCUT2D eigenvalue weighted by Gasteiger charge is 2.07. The van der Waals surface area contributed by atoms with Crippen molar-refractivity contribution < 1.29 is 14.6 Å². The first kappa shape index (κ1) is 17.8. The molecule has 2 rings (SSSR count). The summed E-state index contributed by atoms with van der Waals surface area (Å²) in [7, 11) is 0. The zero-order valence-electron chi connectivity index (χ0n) is 13.4. The van der Waals surface area contributed by atoms with E-state index in [4.69, 9.17) is 16.3 Å². The fourth-order valence-corrected chi connectivity index (χ4v) is 2.33. The molecule has 0 amide bonds. The molecule has 0 fully saturated rings. The highest BCUT2D eigenvalue weighted by molar-refractivity contribution is 6.30. The number of allylic oxidation sites excluding steroid dienone is 1. The Morgan fingerprint density at radius 3 is 2.67 bits per heavy atom. The van der Waals surface area contributed by atoms with Crippen LogP contribution in [0.5, 0.6) is 5.75 Å². The van der Waals surface area contributed by atoms with E-state index in [1.165, 1.54) is 6.07 Å².